The molecule has 0 unspecified atom stereocenters. The van der Waals surface area contributed by atoms with E-state index >= 15 is 0 Å². The van der Waals surface area contributed by atoms with Gasteiger partial charge in [0.25, 0.3) is 0 Å². The highest BCUT2D eigenvalue weighted by Gasteiger charge is 2.14. The SMILES string of the molecule is COC(=O)c1ccc(OCc2cc(OC)c(Br)cc2OC)c(OC)c1. The molecular formula is C18H19BrO6. The summed E-state index contributed by atoms with van der Waals surface area (Å²) in [6.45, 7) is 0.237. The first-order valence-corrected chi connectivity index (χ1v) is 8.12. The number of halogens is 1. The van der Waals surface area contributed by atoms with Crippen molar-refractivity contribution in [3.05, 3.63) is 45.9 Å². The van der Waals surface area contributed by atoms with Crippen LogP contribution in [0, 0.1) is 0 Å². The minimum Gasteiger partial charge on any atom is -0.496 e. The topological polar surface area (TPSA) is 63.2 Å². The first-order chi connectivity index (χ1) is 12.0. The molecule has 134 valence electrons. The number of esters is 1. The first-order valence-electron chi connectivity index (χ1n) is 7.33. The van der Waals surface area contributed by atoms with Gasteiger partial charge in [-0.1, -0.05) is 0 Å². The molecule has 7 heteroatoms. The molecule has 2 aromatic rings. The third-order valence-corrected chi connectivity index (χ3v) is 4.14. The van der Waals surface area contributed by atoms with Crippen molar-refractivity contribution in [2.24, 2.45) is 0 Å². The highest BCUT2D eigenvalue weighted by Crippen LogP contribution is 2.35. The summed E-state index contributed by atoms with van der Waals surface area (Å²) in [4.78, 5) is 11.6. The Morgan fingerprint density at radius 2 is 1.56 bits per heavy atom. The van der Waals surface area contributed by atoms with E-state index in [0.29, 0.717) is 28.6 Å². The molecule has 0 spiro atoms. The van der Waals surface area contributed by atoms with Gasteiger partial charge in [-0.2, -0.15) is 0 Å². The largest absolute Gasteiger partial charge is 0.496 e. The minimum atomic E-state index is -0.441. The lowest BCUT2D eigenvalue weighted by Gasteiger charge is -2.15. The average molecular weight is 411 g/mol. The van der Waals surface area contributed by atoms with E-state index in [1.807, 2.05) is 12.1 Å². The Kier molecular flexibility index (Phi) is 6.52. The number of hydrogen-bond acceptors (Lipinski definition) is 6. The summed E-state index contributed by atoms with van der Waals surface area (Å²) < 4.78 is 27.3. The smallest absolute Gasteiger partial charge is 0.337 e. The molecule has 0 radical (unpaired) electrons. The van der Waals surface area contributed by atoms with E-state index in [1.54, 1.807) is 32.4 Å². The number of methoxy groups -OCH3 is 4. The Balaban J connectivity index is 2.25. The molecule has 0 heterocycles. The van der Waals surface area contributed by atoms with Crippen molar-refractivity contribution in [1.82, 2.24) is 0 Å². The molecular weight excluding hydrogens is 392 g/mol. The Morgan fingerprint density at radius 3 is 2.16 bits per heavy atom. The molecule has 0 aromatic heterocycles. The zero-order valence-electron chi connectivity index (χ0n) is 14.4. The second kappa shape index (κ2) is 8.62. The minimum absolute atomic E-state index is 0.237. The van der Waals surface area contributed by atoms with Gasteiger partial charge in [-0.15, -0.1) is 0 Å². The van der Waals surface area contributed by atoms with Crippen LogP contribution in [0.3, 0.4) is 0 Å². The standard InChI is InChI=1S/C18H19BrO6/c1-21-15-9-13(19)16(22-2)8-12(15)10-25-14-6-5-11(18(20)24-4)7-17(14)23-3/h5-9H,10H2,1-4H3. The Bertz CT molecular complexity index is 759. The zero-order chi connectivity index (χ0) is 18.4. The van der Waals surface area contributed by atoms with Gasteiger partial charge in [-0.25, -0.2) is 4.79 Å². The van der Waals surface area contributed by atoms with E-state index in [2.05, 4.69) is 15.9 Å². The molecule has 0 aliphatic carbocycles. The number of rotatable bonds is 7. The molecule has 6 nitrogen and oxygen atoms in total. The summed E-state index contributed by atoms with van der Waals surface area (Å²) in [7, 11) is 6.01. The number of ether oxygens (including phenoxy) is 5. The van der Waals surface area contributed by atoms with Crippen LogP contribution < -0.4 is 18.9 Å². The highest BCUT2D eigenvalue weighted by molar-refractivity contribution is 9.10. The van der Waals surface area contributed by atoms with E-state index in [0.717, 1.165) is 10.0 Å². The summed E-state index contributed by atoms with van der Waals surface area (Å²) in [5.74, 6) is 1.83. The van der Waals surface area contributed by atoms with Gasteiger partial charge >= 0.3 is 5.97 Å². The highest BCUT2D eigenvalue weighted by atomic mass is 79.9. The van der Waals surface area contributed by atoms with Gasteiger partial charge in [0.2, 0.25) is 0 Å². The molecule has 0 saturated heterocycles. The van der Waals surface area contributed by atoms with Crippen LogP contribution in [-0.2, 0) is 11.3 Å². The van der Waals surface area contributed by atoms with Crippen LogP contribution in [0.4, 0.5) is 0 Å². The van der Waals surface area contributed by atoms with Crippen LogP contribution in [0.2, 0.25) is 0 Å². The lowest BCUT2D eigenvalue weighted by molar-refractivity contribution is 0.0600. The maximum Gasteiger partial charge on any atom is 0.337 e. The maximum absolute atomic E-state index is 11.6. The van der Waals surface area contributed by atoms with Crippen LogP contribution in [0.1, 0.15) is 15.9 Å². The molecule has 0 amide bonds. The van der Waals surface area contributed by atoms with E-state index in [-0.39, 0.29) is 6.61 Å². The van der Waals surface area contributed by atoms with Crippen LogP contribution >= 0.6 is 15.9 Å². The predicted molar refractivity (Wildman–Crippen MR) is 95.9 cm³/mol. The molecule has 25 heavy (non-hydrogen) atoms. The van der Waals surface area contributed by atoms with Gasteiger partial charge in [0.1, 0.15) is 18.1 Å². The van der Waals surface area contributed by atoms with Crippen LogP contribution in [0.25, 0.3) is 0 Å². The van der Waals surface area contributed by atoms with E-state index < -0.39 is 5.97 Å². The number of hydrogen-bond donors (Lipinski definition) is 0. The monoisotopic (exact) mass is 410 g/mol. The fraction of sp³-hybridized carbons (Fsp3) is 0.278. The second-order valence-electron chi connectivity index (χ2n) is 4.94. The number of benzene rings is 2. The lowest BCUT2D eigenvalue weighted by Crippen LogP contribution is -2.04. The Hall–Kier alpha value is -2.41. The van der Waals surface area contributed by atoms with Gasteiger partial charge in [0, 0.05) is 5.56 Å². The molecule has 0 N–H and O–H groups in total. The van der Waals surface area contributed by atoms with Gasteiger partial charge in [-0.3, -0.25) is 0 Å². The second-order valence-corrected chi connectivity index (χ2v) is 5.80. The van der Waals surface area contributed by atoms with Crippen molar-refractivity contribution in [2.45, 2.75) is 6.61 Å². The molecule has 0 saturated carbocycles. The fourth-order valence-corrected chi connectivity index (χ4v) is 2.71. The van der Waals surface area contributed by atoms with Crippen molar-refractivity contribution >= 4 is 21.9 Å². The third kappa shape index (κ3) is 4.36. The van der Waals surface area contributed by atoms with Crippen molar-refractivity contribution < 1.29 is 28.5 Å². The summed E-state index contributed by atoms with van der Waals surface area (Å²) in [6, 6.07) is 8.49. The first kappa shape index (κ1) is 18.9. The molecule has 0 aliphatic heterocycles. The Morgan fingerprint density at radius 1 is 0.880 bits per heavy atom. The van der Waals surface area contributed by atoms with Crippen molar-refractivity contribution in [1.29, 1.82) is 0 Å². The summed E-state index contributed by atoms with van der Waals surface area (Å²) >= 11 is 3.42. The van der Waals surface area contributed by atoms with Crippen LogP contribution in [-0.4, -0.2) is 34.4 Å². The van der Waals surface area contributed by atoms with E-state index in [4.69, 9.17) is 23.7 Å². The Labute approximate surface area is 154 Å². The normalized spacial score (nSPS) is 10.1. The fourth-order valence-electron chi connectivity index (χ4n) is 2.22. The summed E-state index contributed by atoms with van der Waals surface area (Å²) in [5, 5.41) is 0. The summed E-state index contributed by atoms with van der Waals surface area (Å²) in [5.41, 5.74) is 1.19. The third-order valence-electron chi connectivity index (χ3n) is 3.52. The van der Waals surface area contributed by atoms with Crippen molar-refractivity contribution in [3.63, 3.8) is 0 Å². The quantitative estimate of drug-likeness (QED) is 0.646. The zero-order valence-corrected chi connectivity index (χ0v) is 16.0. The van der Waals surface area contributed by atoms with Gasteiger partial charge < -0.3 is 23.7 Å². The van der Waals surface area contributed by atoms with Crippen molar-refractivity contribution in [2.75, 3.05) is 28.4 Å². The molecule has 0 fully saturated rings. The van der Waals surface area contributed by atoms with Crippen LogP contribution in [0.5, 0.6) is 23.0 Å². The summed E-state index contributed by atoms with van der Waals surface area (Å²) in [6.07, 6.45) is 0. The van der Waals surface area contributed by atoms with E-state index in [9.17, 15) is 4.79 Å². The van der Waals surface area contributed by atoms with Crippen molar-refractivity contribution in [3.8, 4) is 23.0 Å². The predicted octanol–water partition coefficient (Wildman–Crippen LogP) is 3.84. The average Bonchev–Trinajstić information content (AvgIpc) is 2.65. The van der Waals surface area contributed by atoms with E-state index in [1.165, 1.54) is 14.2 Å². The lowest BCUT2D eigenvalue weighted by atomic mass is 10.2. The molecule has 2 rings (SSSR count). The maximum atomic E-state index is 11.6. The number of carbonyl (C=O) groups is 1. The molecule has 0 atom stereocenters. The van der Waals surface area contributed by atoms with Gasteiger partial charge in [0.05, 0.1) is 38.5 Å². The van der Waals surface area contributed by atoms with Gasteiger partial charge in [0.15, 0.2) is 11.5 Å². The van der Waals surface area contributed by atoms with Crippen LogP contribution in [0.15, 0.2) is 34.8 Å². The molecule has 0 bridgehead atoms. The molecule has 0 aliphatic rings. The van der Waals surface area contributed by atoms with Gasteiger partial charge in [-0.05, 0) is 46.3 Å². The molecule has 2 aromatic carbocycles. The number of carbonyl (C=O) groups excluding carboxylic acids is 1.